The average molecular weight is 435 g/mol. The first-order valence-corrected chi connectivity index (χ1v) is 10.7. The summed E-state index contributed by atoms with van der Waals surface area (Å²) in [7, 11) is 1.56. The van der Waals surface area contributed by atoms with Gasteiger partial charge in [-0.25, -0.2) is 4.98 Å². The molecule has 0 amide bonds. The van der Waals surface area contributed by atoms with Crippen LogP contribution in [0.5, 0.6) is 5.75 Å². The molecule has 9 nitrogen and oxygen atoms in total. The van der Waals surface area contributed by atoms with Gasteiger partial charge in [0.1, 0.15) is 17.0 Å². The van der Waals surface area contributed by atoms with Crippen LogP contribution in [0.15, 0.2) is 39.9 Å². The lowest BCUT2D eigenvalue weighted by Gasteiger charge is -2.13. The Labute approximate surface area is 183 Å². The minimum Gasteiger partial charge on any atom is -0.506 e. The lowest BCUT2D eigenvalue weighted by atomic mass is 10.1. The second-order valence-corrected chi connectivity index (χ2v) is 8.20. The van der Waals surface area contributed by atoms with E-state index in [2.05, 4.69) is 20.0 Å². The third kappa shape index (κ3) is 3.59. The maximum Gasteiger partial charge on any atom is 0.275 e. The van der Waals surface area contributed by atoms with Gasteiger partial charge >= 0.3 is 0 Å². The van der Waals surface area contributed by atoms with Crippen molar-refractivity contribution in [2.45, 2.75) is 26.0 Å². The molecule has 0 aliphatic carbocycles. The van der Waals surface area contributed by atoms with E-state index in [1.54, 1.807) is 42.1 Å². The van der Waals surface area contributed by atoms with Crippen molar-refractivity contribution in [2.24, 2.45) is 0 Å². The zero-order valence-corrected chi connectivity index (χ0v) is 17.9. The minimum absolute atomic E-state index is 0.0455. The molecule has 1 saturated heterocycles. The standard InChI is InChI=1S/C23H25N5O4/c1-32-13-14-11-17-21(18(29)12-14)25-20(22(30)24-17)15-5-4-6-16-19(15)26-28(23(16)31)10-9-27-7-2-3-8-27/h4-6,11-12,26,29H,2-3,7-10,13H2,1H3,(H,24,30). The van der Waals surface area contributed by atoms with E-state index in [0.29, 0.717) is 35.1 Å². The van der Waals surface area contributed by atoms with Crippen molar-refractivity contribution in [3.05, 3.63) is 56.6 Å². The molecule has 3 N–H and O–H groups in total. The number of fused-ring (bicyclic) bond motifs is 2. The van der Waals surface area contributed by atoms with Crippen LogP contribution in [0.1, 0.15) is 18.4 Å². The Bertz CT molecular complexity index is 1410. The molecule has 9 heteroatoms. The third-order valence-corrected chi connectivity index (χ3v) is 6.03. The number of ether oxygens (including phenoxy) is 1. The van der Waals surface area contributed by atoms with E-state index >= 15 is 0 Å². The van der Waals surface area contributed by atoms with Crippen LogP contribution in [-0.4, -0.2) is 56.5 Å². The summed E-state index contributed by atoms with van der Waals surface area (Å²) >= 11 is 0. The van der Waals surface area contributed by atoms with Crippen LogP contribution < -0.4 is 11.1 Å². The van der Waals surface area contributed by atoms with Gasteiger partial charge in [0.15, 0.2) is 0 Å². The minimum atomic E-state index is -0.398. The van der Waals surface area contributed by atoms with Crippen molar-refractivity contribution in [1.29, 1.82) is 0 Å². The number of methoxy groups -OCH3 is 1. The van der Waals surface area contributed by atoms with E-state index in [0.717, 1.165) is 25.2 Å². The number of H-pyrrole nitrogens is 2. The number of nitrogens with zero attached hydrogens (tertiary/aromatic N) is 3. The van der Waals surface area contributed by atoms with Gasteiger partial charge in [-0.15, -0.1) is 0 Å². The van der Waals surface area contributed by atoms with Crippen molar-refractivity contribution in [3.8, 4) is 17.0 Å². The lowest BCUT2D eigenvalue weighted by Crippen LogP contribution is -2.28. The lowest BCUT2D eigenvalue weighted by molar-refractivity contribution is 0.185. The molecule has 1 fully saturated rings. The first kappa shape index (κ1) is 20.5. The summed E-state index contributed by atoms with van der Waals surface area (Å²) in [6, 6.07) is 8.54. The Morgan fingerprint density at radius 2 is 1.97 bits per heavy atom. The zero-order valence-electron chi connectivity index (χ0n) is 17.9. The van der Waals surface area contributed by atoms with Crippen molar-refractivity contribution in [1.82, 2.24) is 24.6 Å². The fraction of sp³-hybridized carbons (Fsp3) is 0.348. The maximum absolute atomic E-state index is 12.9. The zero-order chi connectivity index (χ0) is 22.2. The van der Waals surface area contributed by atoms with Crippen molar-refractivity contribution in [2.75, 3.05) is 26.7 Å². The highest BCUT2D eigenvalue weighted by atomic mass is 16.5. The van der Waals surface area contributed by atoms with E-state index < -0.39 is 5.56 Å². The molecule has 1 aliphatic rings. The van der Waals surface area contributed by atoms with Gasteiger partial charge in [-0.2, -0.15) is 0 Å². The summed E-state index contributed by atoms with van der Waals surface area (Å²) in [5.41, 5.74) is 2.14. The van der Waals surface area contributed by atoms with Crippen LogP contribution in [0.25, 0.3) is 33.2 Å². The quantitative estimate of drug-likeness (QED) is 0.428. The molecule has 4 aromatic rings. The summed E-state index contributed by atoms with van der Waals surface area (Å²) in [6.45, 7) is 3.78. The molecule has 0 radical (unpaired) electrons. The summed E-state index contributed by atoms with van der Waals surface area (Å²) in [6.07, 6.45) is 2.39. The fourth-order valence-corrected chi connectivity index (χ4v) is 4.45. The van der Waals surface area contributed by atoms with Crippen molar-refractivity contribution < 1.29 is 9.84 Å². The van der Waals surface area contributed by atoms with E-state index in [4.69, 9.17) is 4.74 Å². The van der Waals surface area contributed by atoms with E-state index in [1.165, 1.54) is 12.8 Å². The molecule has 2 aromatic carbocycles. The number of aromatic amines is 2. The molecule has 3 heterocycles. The maximum atomic E-state index is 12.9. The van der Waals surface area contributed by atoms with Crippen LogP contribution in [0.2, 0.25) is 0 Å². The second-order valence-electron chi connectivity index (χ2n) is 8.20. The first-order valence-electron chi connectivity index (χ1n) is 10.7. The Hall–Kier alpha value is -3.43. The highest BCUT2D eigenvalue weighted by molar-refractivity contribution is 5.93. The molecule has 5 rings (SSSR count). The summed E-state index contributed by atoms with van der Waals surface area (Å²) < 4.78 is 6.70. The molecule has 32 heavy (non-hydrogen) atoms. The van der Waals surface area contributed by atoms with Crippen molar-refractivity contribution >= 4 is 21.9 Å². The fourth-order valence-electron chi connectivity index (χ4n) is 4.45. The van der Waals surface area contributed by atoms with Gasteiger partial charge in [0.2, 0.25) is 0 Å². The molecule has 0 saturated carbocycles. The normalized spacial score (nSPS) is 14.7. The predicted octanol–water partition coefficient (Wildman–Crippen LogP) is 2.18. The van der Waals surface area contributed by atoms with Gasteiger partial charge in [-0.05, 0) is 49.7 Å². The van der Waals surface area contributed by atoms with Crippen LogP contribution >= 0.6 is 0 Å². The first-order chi connectivity index (χ1) is 15.5. The molecule has 0 atom stereocenters. The number of para-hydroxylation sites is 1. The van der Waals surface area contributed by atoms with E-state index in [-0.39, 0.29) is 22.5 Å². The Kier molecular flexibility index (Phi) is 5.28. The molecule has 0 spiro atoms. The summed E-state index contributed by atoms with van der Waals surface area (Å²) in [4.78, 5) is 35.5. The molecular formula is C23H25N5O4. The molecular weight excluding hydrogens is 410 g/mol. The largest absolute Gasteiger partial charge is 0.506 e. The SMILES string of the molecule is COCc1cc(O)c2nc(-c3cccc4c(=O)n(CCN5CCCC5)[nH]c34)c(=O)[nH]c2c1. The van der Waals surface area contributed by atoms with Crippen molar-refractivity contribution in [3.63, 3.8) is 0 Å². The average Bonchev–Trinajstić information content (AvgIpc) is 3.40. The number of phenolic OH excluding ortho intramolecular Hbond substituents is 1. The van der Waals surface area contributed by atoms with E-state index in [1.807, 2.05) is 0 Å². The molecule has 1 aliphatic heterocycles. The van der Waals surface area contributed by atoms with Gasteiger partial charge in [-0.1, -0.05) is 12.1 Å². The third-order valence-electron chi connectivity index (χ3n) is 6.03. The van der Waals surface area contributed by atoms with Gasteiger partial charge in [0, 0.05) is 19.2 Å². The number of aromatic hydroxyl groups is 1. The molecule has 0 bridgehead atoms. The Morgan fingerprint density at radius 3 is 2.75 bits per heavy atom. The predicted molar refractivity (Wildman–Crippen MR) is 122 cm³/mol. The summed E-state index contributed by atoms with van der Waals surface area (Å²) in [5.74, 6) is -0.0455. The van der Waals surface area contributed by atoms with Gasteiger partial charge in [-0.3, -0.25) is 19.4 Å². The number of aromatic nitrogens is 4. The highest BCUT2D eigenvalue weighted by Crippen LogP contribution is 2.27. The molecule has 166 valence electrons. The Balaban J connectivity index is 1.59. The monoisotopic (exact) mass is 435 g/mol. The molecule has 2 aromatic heterocycles. The van der Waals surface area contributed by atoms with E-state index in [9.17, 15) is 14.7 Å². The number of phenols is 1. The Morgan fingerprint density at radius 1 is 1.16 bits per heavy atom. The highest BCUT2D eigenvalue weighted by Gasteiger charge is 2.18. The topological polar surface area (TPSA) is 116 Å². The van der Waals surface area contributed by atoms with Gasteiger partial charge < -0.3 is 19.7 Å². The van der Waals surface area contributed by atoms with Crippen LogP contribution in [0.4, 0.5) is 0 Å². The summed E-state index contributed by atoms with van der Waals surface area (Å²) in [5, 5.41) is 14.2. The van der Waals surface area contributed by atoms with Crippen LogP contribution in [0, 0.1) is 0 Å². The number of nitrogens with one attached hydrogen (secondary N) is 2. The number of hydrogen-bond acceptors (Lipinski definition) is 6. The number of rotatable bonds is 6. The number of benzene rings is 2. The van der Waals surface area contributed by atoms with Crippen LogP contribution in [-0.2, 0) is 17.9 Å². The number of hydrogen-bond donors (Lipinski definition) is 3. The number of likely N-dealkylation sites (tertiary alicyclic amines) is 1. The second kappa shape index (κ2) is 8.25. The van der Waals surface area contributed by atoms with Gasteiger partial charge in [0.05, 0.1) is 29.6 Å². The van der Waals surface area contributed by atoms with Gasteiger partial charge in [0.25, 0.3) is 11.1 Å². The van der Waals surface area contributed by atoms with Crippen LogP contribution in [0.3, 0.4) is 0 Å². The molecule has 0 unspecified atom stereocenters. The smallest absolute Gasteiger partial charge is 0.275 e.